The van der Waals surface area contributed by atoms with Gasteiger partial charge in [0, 0.05) is 43.7 Å². The van der Waals surface area contributed by atoms with E-state index in [2.05, 4.69) is 47.6 Å². The zero-order valence-corrected chi connectivity index (χ0v) is 25.8. The maximum absolute atomic E-state index is 12.8. The highest BCUT2D eigenvalue weighted by Crippen LogP contribution is 2.50. The van der Waals surface area contributed by atoms with Crippen LogP contribution in [-0.4, -0.2) is 76.3 Å². The number of alkyl halides is 3. The molecule has 1 saturated heterocycles. The molecule has 0 bridgehead atoms. The van der Waals surface area contributed by atoms with Crippen LogP contribution in [0.15, 0.2) is 36.4 Å². The molecule has 3 aliphatic rings. The van der Waals surface area contributed by atoms with E-state index < -0.39 is 6.36 Å². The Morgan fingerprint density at radius 2 is 1.82 bits per heavy atom. The van der Waals surface area contributed by atoms with E-state index in [-0.39, 0.29) is 29.6 Å². The maximum Gasteiger partial charge on any atom is 0.573 e. The van der Waals surface area contributed by atoms with Crippen molar-refractivity contribution in [3.05, 3.63) is 41.4 Å². The zero-order valence-electron chi connectivity index (χ0n) is 25.0. The topological polar surface area (TPSA) is 97.6 Å². The number of benzene rings is 2. The van der Waals surface area contributed by atoms with Gasteiger partial charge in [0.15, 0.2) is 0 Å². The fourth-order valence-corrected chi connectivity index (χ4v) is 6.97. The first-order chi connectivity index (χ1) is 21.7. The van der Waals surface area contributed by atoms with Crippen LogP contribution < -0.4 is 15.0 Å². The number of esters is 1. The number of carbonyl (C=O) groups excluding carboxylic acids is 1. The molecule has 2 atom stereocenters. The average molecular weight is 642 g/mol. The van der Waals surface area contributed by atoms with Crippen LogP contribution in [0.3, 0.4) is 0 Å². The summed E-state index contributed by atoms with van der Waals surface area (Å²) in [7, 11) is 0. The molecule has 2 unspecified atom stereocenters. The summed E-state index contributed by atoms with van der Waals surface area (Å²) in [5.74, 6) is 0.131. The van der Waals surface area contributed by atoms with Gasteiger partial charge < -0.3 is 29.2 Å². The van der Waals surface area contributed by atoms with E-state index >= 15 is 0 Å². The minimum absolute atomic E-state index is 0.0332. The van der Waals surface area contributed by atoms with Crippen molar-refractivity contribution in [1.29, 1.82) is 0 Å². The third kappa shape index (κ3) is 6.30. The normalized spacial score (nSPS) is 20.4. The summed E-state index contributed by atoms with van der Waals surface area (Å²) in [5, 5.41) is 13.7. The van der Waals surface area contributed by atoms with Crippen LogP contribution in [0, 0.1) is 5.92 Å². The Morgan fingerprint density at radius 1 is 1.07 bits per heavy atom. The van der Waals surface area contributed by atoms with Gasteiger partial charge in [0.25, 0.3) is 0 Å². The number of imidazole rings is 1. The largest absolute Gasteiger partial charge is 0.573 e. The van der Waals surface area contributed by atoms with Gasteiger partial charge in [-0.3, -0.25) is 4.79 Å². The number of ether oxygens (including phenoxy) is 2. The first kappa shape index (κ1) is 29.8. The molecular formula is C31H34F3N7O3S. The molecule has 2 aromatic carbocycles. The summed E-state index contributed by atoms with van der Waals surface area (Å²) in [4.78, 5) is 22.0. The summed E-state index contributed by atoms with van der Waals surface area (Å²) in [5.41, 5.74) is 4.37. The number of halogens is 3. The zero-order chi connectivity index (χ0) is 31.3. The predicted molar refractivity (Wildman–Crippen MR) is 165 cm³/mol. The molecule has 2 aromatic heterocycles. The van der Waals surface area contributed by atoms with Gasteiger partial charge in [-0.05, 0) is 69.1 Å². The highest BCUT2D eigenvalue weighted by atomic mass is 32.1. The maximum atomic E-state index is 12.8. The first-order valence-corrected chi connectivity index (χ1v) is 16.2. The standard InChI is InChI=1S/C31H34F3N7O3S/c1-3-39-11-13-40(14-12-39)25-17-26-24(16-23(25)36-30-38-37-28(45-30)21-15-22(21)29(42)43-4-2)35-27(41(26)19-7-8-19)18-5-9-20(10-6-18)44-31(32,33)34/h5-6,9-10,16-17,19,21-22H,3-4,7-8,11-15H2,1-2H3,(H,36,38). The van der Waals surface area contributed by atoms with E-state index in [9.17, 15) is 18.0 Å². The molecule has 10 nitrogen and oxygen atoms in total. The number of nitrogens with zero attached hydrogens (tertiary/aromatic N) is 6. The summed E-state index contributed by atoms with van der Waals surface area (Å²) < 4.78 is 49.7. The molecule has 3 fully saturated rings. The Hall–Kier alpha value is -3.91. The Kier molecular flexibility index (Phi) is 7.80. The SMILES string of the molecule is CCOC(=O)C1CC1c1nnc(Nc2cc3nc(-c4ccc(OC(F)(F)F)cc4)n(C4CC4)c3cc2N2CCN(CC)CC2)s1. The van der Waals surface area contributed by atoms with Crippen LogP contribution in [0.4, 0.5) is 29.7 Å². The van der Waals surface area contributed by atoms with Crippen LogP contribution in [0.1, 0.15) is 50.1 Å². The lowest BCUT2D eigenvalue weighted by atomic mass is 10.2. The predicted octanol–water partition coefficient (Wildman–Crippen LogP) is 6.34. The van der Waals surface area contributed by atoms with Crippen molar-refractivity contribution in [3.8, 4) is 17.1 Å². The number of aromatic nitrogens is 4. The Bertz CT molecular complexity index is 1690. The van der Waals surface area contributed by atoms with E-state index in [0.29, 0.717) is 17.6 Å². The minimum atomic E-state index is -4.75. The van der Waals surface area contributed by atoms with Gasteiger partial charge in [-0.25, -0.2) is 4.98 Å². The van der Waals surface area contributed by atoms with Crippen molar-refractivity contribution < 1.29 is 27.4 Å². The molecule has 1 N–H and O–H groups in total. The Morgan fingerprint density at radius 3 is 2.49 bits per heavy atom. The van der Waals surface area contributed by atoms with Crippen molar-refractivity contribution in [2.75, 3.05) is 49.5 Å². The van der Waals surface area contributed by atoms with Crippen molar-refractivity contribution in [1.82, 2.24) is 24.6 Å². The van der Waals surface area contributed by atoms with E-state index in [1.165, 1.54) is 23.5 Å². The van der Waals surface area contributed by atoms with Crippen molar-refractivity contribution in [3.63, 3.8) is 0 Å². The first-order valence-electron chi connectivity index (χ1n) is 15.4. The molecular weight excluding hydrogens is 607 g/mol. The molecule has 45 heavy (non-hydrogen) atoms. The molecule has 7 rings (SSSR count). The van der Waals surface area contributed by atoms with Crippen LogP contribution in [0.25, 0.3) is 22.4 Å². The molecule has 3 heterocycles. The molecule has 0 amide bonds. The van der Waals surface area contributed by atoms with Gasteiger partial charge in [-0.1, -0.05) is 18.3 Å². The van der Waals surface area contributed by atoms with E-state index in [1.54, 1.807) is 19.1 Å². The quantitative estimate of drug-likeness (QED) is 0.199. The number of fused-ring (bicyclic) bond motifs is 1. The Labute approximate surface area is 262 Å². The summed E-state index contributed by atoms with van der Waals surface area (Å²) in [6.45, 7) is 8.97. The fraction of sp³-hybridized carbons (Fsp3) is 0.484. The average Bonchev–Trinajstić information content (AvgIpc) is 3.94. The molecule has 0 radical (unpaired) electrons. The van der Waals surface area contributed by atoms with Crippen molar-refractivity contribution in [2.45, 2.75) is 51.4 Å². The number of rotatable bonds is 10. The van der Waals surface area contributed by atoms with Crippen LogP contribution >= 0.6 is 11.3 Å². The molecule has 238 valence electrons. The lowest BCUT2D eigenvalue weighted by Gasteiger charge is -2.36. The molecule has 2 aliphatic carbocycles. The number of piperazine rings is 1. The van der Waals surface area contributed by atoms with Crippen molar-refractivity contribution in [2.24, 2.45) is 5.92 Å². The highest BCUT2D eigenvalue weighted by Gasteiger charge is 2.47. The lowest BCUT2D eigenvalue weighted by Crippen LogP contribution is -2.46. The van der Waals surface area contributed by atoms with Gasteiger partial charge >= 0.3 is 12.3 Å². The van der Waals surface area contributed by atoms with Crippen molar-refractivity contribution >= 4 is 44.8 Å². The third-order valence-electron chi connectivity index (χ3n) is 8.60. The lowest BCUT2D eigenvalue weighted by molar-refractivity contribution is -0.274. The number of nitrogens with one attached hydrogen (secondary N) is 1. The second kappa shape index (κ2) is 11.8. The highest BCUT2D eigenvalue weighted by molar-refractivity contribution is 7.15. The van der Waals surface area contributed by atoms with E-state index in [4.69, 9.17) is 9.72 Å². The van der Waals surface area contributed by atoms with Gasteiger partial charge in [-0.2, -0.15) is 0 Å². The van der Waals surface area contributed by atoms with E-state index in [0.717, 1.165) is 85.0 Å². The number of hydrogen-bond acceptors (Lipinski definition) is 10. The molecule has 0 spiro atoms. The van der Waals surface area contributed by atoms with Crippen LogP contribution in [-0.2, 0) is 9.53 Å². The number of carbonyl (C=O) groups is 1. The van der Waals surface area contributed by atoms with Gasteiger partial charge in [0.05, 0.1) is 34.9 Å². The minimum Gasteiger partial charge on any atom is -0.466 e. The van der Waals surface area contributed by atoms with Gasteiger partial charge in [-0.15, -0.1) is 23.4 Å². The number of anilines is 3. The molecule has 14 heteroatoms. The smallest absolute Gasteiger partial charge is 0.466 e. The van der Waals surface area contributed by atoms with Gasteiger partial charge in [0.2, 0.25) is 5.13 Å². The number of likely N-dealkylation sites (N-methyl/N-ethyl adjacent to an activating group) is 1. The fourth-order valence-electron chi connectivity index (χ4n) is 6.04. The second-order valence-electron chi connectivity index (χ2n) is 11.7. The third-order valence-corrected chi connectivity index (χ3v) is 9.58. The number of hydrogen-bond donors (Lipinski definition) is 1. The molecule has 2 saturated carbocycles. The van der Waals surface area contributed by atoms with Gasteiger partial charge in [0.1, 0.15) is 16.6 Å². The van der Waals surface area contributed by atoms with E-state index in [1.807, 2.05) is 6.07 Å². The molecule has 4 aromatic rings. The second-order valence-corrected chi connectivity index (χ2v) is 12.7. The van der Waals surface area contributed by atoms with Crippen LogP contribution in [0.2, 0.25) is 0 Å². The summed E-state index contributed by atoms with van der Waals surface area (Å²) in [6, 6.07) is 10.4. The summed E-state index contributed by atoms with van der Waals surface area (Å²) in [6.07, 6.45) is -2.00. The Balaban J connectivity index is 1.23. The molecule has 1 aliphatic heterocycles. The summed E-state index contributed by atoms with van der Waals surface area (Å²) >= 11 is 1.44. The van der Waals surface area contributed by atoms with Crippen LogP contribution in [0.5, 0.6) is 5.75 Å². The monoisotopic (exact) mass is 641 g/mol.